The van der Waals surface area contributed by atoms with Crippen molar-refractivity contribution in [2.75, 3.05) is 11.9 Å². The fourth-order valence-corrected chi connectivity index (χ4v) is 2.88. The number of para-hydroxylation sites is 1. The quantitative estimate of drug-likeness (QED) is 0.239. The van der Waals surface area contributed by atoms with Gasteiger partial charge in [-0.1, -0.05) is 41.4 Å². The molecular weight excluding hydrogens is 425 g/mol. The highest BCUT2D eigenvalue weighted by Crippen LogP contribution is 2.23. The third-order valence-electron chi connectivity index (χ3n) is 3.87. The van der Waals surface area contributed by atoms with E-state index in [1.54, 1.807) is 30.3 Å². The predicted octanol–water partition coefficient (Wildman–Crippen LogP) is 4.77. The molecule has 1 amide bonds. The smallest absolute Gasteiger partial charge is 0.345 e. The van der Waals surface area contributed by atoms with Crippen LogP contribution in [0.15, 0.2) is 77.9 Å². The number of rotatable bonds is 7. The highest BCUT2D eigenvalue weighted by molar-refractivity contribution is 6.36. The molecule has 0 fully saturated rings. The first-order chi connectivity index (χ1) is 14.5. The largest absolute Gasteiger partial charge is 0.423 e. The number of ether oxygens (including phenoxy) is 1. The minimum Gasteiger partial charge on any atom is -0.423 e. The maximum absolute atomic E-state index is 12.2. The summed E-state index contributed by atoms with van der Waals surface area (Å²) in [6.07, 6.45) is 1.49. The summed E-state index contributed by atoms with van der Waals surface area (Å²) in [7, 11) is 0. The number of carbonyl (C=O) groups excluding carboxylic acids is 2. The molecule has 0 aliphatic carbocycles. The predicted molar refractivity (Wildman–Crippen MR) is 119 cm³/mol. The van der Waals surface area contributed by atoms with E-state index >= 15 is 0 Å². The zero-order chi connectivity index (χ0) is 21.3. The van der Waals surface area contributed by atoms with E-state index in [2.05, 4.69) is 15.8 Å². The van der Waals surface area contributed by atoms with Crippen molar-refractivity contribution in [2.24, 2.45) is 5.10 Å². The molecule has 0 spiro atoms. The third-order valence-corrected chi connectivity index (χ3v) is 4.42. The average molecular weight is 442 g/mol. The number of nitrogens with one attached hydrogen (secondary N) is 2. The van der Waals surface area contributed by atoms with Crippen molar-refractivity contribution in [1.29, 1.82) is 0 Å². The van der Waals surface area contributed by atoms with Gasteiger partial charge in [0.05, 0.1) is 23.3 Å². The number of nitrogens with zero attached hydrogens (tertiary/aromatic N) is 1. The van der Waals surface area contributed by atoms with Gasteiger partial charge in [-0.25, -0.2) is 10.2 Å². The zero-order valence-electron chi connectivity index (χ0n) is 15.6. The number of esters is 1. The van der Waals surface area contributed by atoms with E-state index in [9.17, 15) is 9.59 Å². The Balaban J connectivity index is 1.49. The molecule has 2 N–H and O–H groups in total. The van der Waals surface area contributed by atoms with Gasteiger partial charge in [0, 0.05) is 10.7 Å². The molecule has 0 saturated carbocycles. The molecule has 152 valence electrons. The second kappa shape index (κ2) is 10.4. The molecule has 0 heterocycles. The van der Waals surface area contributed by atoms with Crippen LogP contribution in [0.4, 0.5) is 5.69 Å². The fraction of sp³-hybridized carbons (Fsp3) is 0.0455. The van der Waals surface area contributed by atoms with Crippen LogP contribution in [0.25, 0.3) is 0 Å². The van der Waals surface area contributed by atoms with E-state index in [0.29, 0.717) is 10.8 Å². The van der Waals surface area contributed by atoms with Gasteiger partial charge in [-0.15, -0.1) is 0 Å². The maximum Gasteiger partial charge on any atom is 0.345 e. The van der Waals surface area contributed by atoms with Crippen molar-refractivity contribution in [2.45, 2.75) is 0 Å². The molecule has 0 aromatic heterocycles. The minimum atomic E-state index is -0.587. The van der Waals surface area contributed by atoms with Gasteiger partial charge in [-0.05, 0) is 60.2 Å². The summed E-state index contributed by atoms with van der Waals surface area (Å²) in [5.41, 5.74) is 4.23. The molecule has 6 nitrogen and oxygen atoms in total. The summed E-state index contributed by atoms with van der Waals surface area (Å²) >= 11 is 11.8. The second-order valence-corrected chi connectivity index (χ2v) is 6.94. The van der Waals surface area contributed by atoms with Gasteiger partial charge < -0.3 is 10.1 Å². The molecule has 3 aromatic rings. The first-order valence-corrected chi connectivity index (χ1v) is 9.65. The van der Waals surface area contributed by atoms with Gasteiger partial charge >= 0.3 is 5.97 Å². The van der Waals surface area contributed by atoms with Gasteiger partial charge in [0.25, 0.3) is 5.91 Å². The van der Waals surface area contributed by atoms with Crippen LogP contribution >= 0.6 is 23.2 Å². The van der Waals surface area contributed by atoms with E-state index in [4.69, 9.17) is 27.9 Å². The lowest BCUT2D eigenvalue weighted by atomic mass is 10.2. The SMILES string of the molecule is O=C(CNc1ccccc1)NN=Cc1ccc(OC(=O)c2ccc(Cl)cc2Cl)cc1. The highest BCUT2D eigenvalue weighted by Gasteiger charge is 2.13. The number of hydrogen-bond donors (Lipinski definition) is 2. The minimum absolute atomic E-state index is 0.101. The van der Waals surface area contributed by atoms with Gasteiger partial charge in [0.2, 0.25) is 0 Å². The van der Waals surface area contributed by atoms with Crippen LogP contribution in [0.5, 0.6) is 5.75 Å². The highest BCUT2D eigenvalue weighted by atomic mass is 35.5. The van der Waals surface area contributed by atoms with Crippen LogP contribution in [0.1, 0.15) is 15.9 Å². The summed E-state index contributed by atoms with van der Waals surface area (Å²) < 4.78 is 5.30. The van der Waals surface area contributed by atoms with Crippen LogP contribution in [0, 0.1) is 0 Å². The van der Waals surface area contributed by atoms with E-state index in [1.165, 1.54) is 18.3 Å². The van der Waals surface area contributed by atoms with Crippen LogP contribution in [-0.4, -0.2) is 24.6 Å². The molecular formula is C22H17Cl2N3O3. The van der Waals surface area contributed by atoms with Crippen LogP contribution < -0.4 is 15.5 Å². The molecule has 0 radical (unpaired) electrons. The monoisotopic (exact) mass is 441 g/mol. The first kappa shape index (κ1) is 21.4. The summed E-state index contributed by atoms with van der Waals surface area (Å²) in [6, 6.07) is 20.6. The Morgan fingerprint density at radius 3 is 2.40 bits per heavy atom. The van der Waals surface area contributed by atoms with Gasteiger partial charge in [-0.2, -0.15) is 5.10 Å². The molecule has 0 atom stereocenters. The molecule has 3 aromatic carbocycles. The molecule has 0 aliphatic rings. The Labute approximate surface area is 183 Å². The van der Waals surface area contributed by atoms with Crippen molar-refractivity contribution in [3.05, 3.63) is 94.0 Å². The van der Waals surface area contributed by atoms with Crippen molar-refractivity contribution in [3.63, 3.8) is 0 Å². The lowest BCUT2D eigenvalue weighted by Gasteiger charge is -2.06. The van der Waals surface area contributed by atoms with Gasteiger partial charge in [-0.3, -0.25) is 4.79 Å². The Morgan fingerprint density at radius 1 is 0.967 bits per heavy atom. The van der Waals surface area contributed by atoms with E-state index in [0.717, 1.165) is 11.3 Å². The number of carbonyl (C=O) groups is 2. The second-order valence-electron chi connectivity index (χ2n) is 6.10. The molecule has 30 heavy (non-hydrogen) atoms. The topological polar surface area (TPSA) is 79.8 Å². The number of anilines is 1. The normalized spacial score (nSPS) is 10.6. The van der Waals surface area contributed by atoms with Crippen LogP contribution in [-0.2, 0) is 4.79 Å². The summed E-state index contributed by atoms with van der Waals surface area (Å²) in [4.78, 5) is 24.0. The zero-order valence-corrected chi connectivity index (χ0v) is 17.2. The Hall–Kier alpha value is -3.35. The average Bonchev–Trinajstić information content (AvgIpc) is 2.74. The number of hydrogen-bond acceptors (Lipinski definition) is 5. The van der Waals surface area contributed by atoms with E-state index < -0.39 is 5.97 Å². The molecule has 0 saturated heterocycles. The fourth-order valence-electron chi connectivity index (χ4n) is 2.40. The third kappa shape index (κ3) is 6.34. The van der Waals surface area contributed by atoms with Crippen molar-refractivity contribution >= 4 is 47.0 Å². The Morgan fingerprint density at radius 2 is 1.70 bits per heavy atom. The summed E-state index contributed by atoms with van der Waals surface area (Å²) in [6.45, 7) is 0.101. The van der Waals surface area contributed by atoms with Crippen LogP contribution in [0.3, 0.4) is 0 Å². The van der Waals surface area contributed by atoms with Crippen molar-refractivity contribution in [3.8, 4) is 5.75 Å². The van der Waals surface area contributed by atoms with E-state index in [1.807, 2.05) is 30.3 Å². The van der Waals surface area contributed by atoms with Gasteiger partial charge in [0.15, 0.2) is 0 Å². The molecule has 0 bridgehead atoms. The van der Waals surface area contributed by atoms with Crippen molar-refractivity contribution < 1.29 is 14.3 Å². The standard InChI is InChI=1S/C22H17Cl2N3O3/c23-16-8-11-19(20(24)12-16)22(29)30-18-9-6-15(7-10-18)13-26-27-21(28)14-25-17-4-2-1-3-5-17/h1-13,25H,14H2,(H,27,28). The Bertz CT molecular complexity index is 1050. The van der Waals surface area contributed by atoms with Crippen molar-refractivity contribution in [1.82, 2.24) is 5.43 Å². The molecule has 0 aliphatic heterocycles. The summed E-state index contributed by atoms with van der Waals surface area (Å²) in [5.74, 6) is -0.518. The number of benzene rings is 3. The molecule has 8 heteroatoms. The lowest BCUT2D eigenvalue weighted by Crippen LogP contribution is -2.25. The van der Waals surface area contributed by atoms with E-state index in [-0.39, 0.29) is 23.0 Å². The maximum atomic E-state index is 12.2. The van der Waals surface area contributed by atoms with Gasteiger partial charge in [0.1, 0.15) is 5.75 Å². The summed E-state index contributed by atoms with van der Waals surface area (Å²) in [5, 5.41) is 7.55. The Kier molecular flexibility index (Phi) is 7.43. The lowest BCUT2D eigenvalue weighted by molar-refractivity contribution is -0.119. The number of halogens is 2. The first-order valence-electron chi connectivity index (χ1n) is 8.89. The number of hydrazone groups is 1. The van der Waals surface area contributed by atoms with Crippen LogP contribution in [0.2, 0.25) is 10.0 Å². The molecule has 3 rings (SSSR count). The number of amides is 1. The molecule has 0 unspecified atom stereocenters.